The molecule has 2 rings (SSSR count). The van der Waals surface area contributed by atoms with E-state index in [-0.39, 0.29) is 18.2 Å². The van der Waals surface area contributed by atoms with E-state index < -0.39 is 0 Å². The molecule has 1 aliphatic rings. The molecule has 112 valence electrons. The Morgan fingerprint density at radius 2 is 1.95 bits per heavy atom. The molecule has 7 heteroatoms. The fourth-order valence-electron chi connectivity index (χ4n) is 2.09. The van der Waals surface area contributed by atoms with Crippen molar-refractivity contribution in [2.45, 2.75) is 51.9 Å². The van der Waals surface area contributed by atoms with Gasteiger partial charge in [0.25, 0.3) is 0 Å². The fraction of sp³-hybridized carbons (Fsp3) is 0.769. The van der Waals surface area contributed by atoms with Gasteiger partial charge in [0.2, 0.25) is 11.9 Å². The Bertz CT molecular complexity index is 435. The van der Waals surface area contributed by atoms with Crippen LogP contribution < -0.4 is 15.4 Å². The van der Waals surface area contributed by atoms with Gasteiger partial charge >= 0.3 is 6.01 Å². The summed E-state index contributed by atoms with van der Waals surface area (Å²) < 4.78 is 11.2. The lowest BCUT2D eigenvalue weighted by Crippen LogP contribution is -2.31. The van der Waals surface area contributed by atoms with E-state index in [4.69, 9.17) is 9.47 Å². The topological polar surface area (TPSA) is 81.2 Å². The van der Waals surface area contributed by atoms with E-state index >= 15 is 0 Å². The molecule has 0 radical (unpaired) electrons. The highest BCUT2D eigenvalue weighted by molar-refractivity contribution is 5.36. The maximum atomic E-state index is 5.66. The summed E-state index contributed by atoms with van der Waals surface area (Å²) in [5.74, 6) is 0.987. The molecule has 0 aromatic carbocycles. The molecule has 1 fully saturated rings. The molecule has 7 nitrogen and oxygen atoms in total. The van der Waals surface area contributed by atoms with Crippen LogP contribution in [0.4, 0.5) is 11.9 Å². The van der Waals surface area contributed by atoms with Gasteiger partial charge in [0.15, 0.2) is 0 Å². The second-order valence-corrected chi connectivity index (χ2v) is 5.17. The zero-order valence-electron chi connectivity index (χ0n) is 12.5. The highest BCUT2D eigenvalue weighted by Crippen LogP contribution is 2.19. The quantitative estimate of drug-likeness (QED) is 0.821. The van der Waals surface area contributed by atoms with Gasteiger partial charge in [-0.25, -0.2) is 0 Å². The van der Waals surface area contributed by atoms with E-state index in [1.165, 1.54) is 0 Å². The van der Waals surface area contributed by atoms with E-state index in [1.807, 2.05) is 13.8 Å². The van der Waals surface area contributed by atoms with Gasteiger partial charge in [0, 0.05) is 13.7 Å². The summed E-state index contributed by atoms with van der Waals surface area (Å²) in [5.41, 5.74) is 0. The van der Waals surface area contributed by atoms with Gasteiger partial charge in [-0.3, -0.25) is 0 Å². The first-order valence-electron chi connectivity index (χ1n) is 7.07. The highest BCUT2D eigenvalue weighted by atomic mass is 16.5. The van der Waals surface area contributed by atoms with Gasteiger partial charge in [-0.2, -0.15) is 15.0 Å². The predicted molar refractivity (Wildman–Crippen MR) is 77.2 cm³/mol. The lowest BCUT2D eigenvalue weighted by Gasteiger charge is -2.20. The van der Waals surface area contributed by atoms with Crippen LogP contribution in [0.3, 0.4) is 0 Å². The summed E-state index contributed by atoms with van der Waals surface area (Å²) in [6.45, 7) is 6.77. The van der Waals surface area contributed by atoms with Gasteiger partial charge < -0.3 is 20.1 Å². The number of aromatic nitrogens is 3. The normalized spacial score (nSPS) is 19.9. The third-order valence-corrected chi connectivity index (χ3v) is 3.06. The Hall–Kier alpha value is -1.63. The Kier molecular flexibility index (Phi) is 4.94. The second kappa shape index (κ2) is 6.69. The Labute approximate surface area is 119 Å². The van der Waals surface area contributed by atoms with Crippen LogP contribution >= 0.6 is 0 Å². The van der Waals surface area contributed by atoms with E-state index in [0.717, 1.165) is 19.4 Å². The largest absolute Gasteiger partial charge is 0.461 e. The van der Waals surface area contributed by atoms with Crippen LogP contribution in [0.1, 0.15) is 33.6 Å². The Morgan fingerprint density at radius 1 is 1.20 bits per heavy atom. The highest BCUT2D eigenvalue weighted by Gasteiger charge is 2.23. The molecule has 1 aliphatic heterocycles. The molecular formula is C13H23N5O2. The number of anilines is 2. The van der Waals surface area contributed by atoms with Crippen molar-refractivity contribution >= 4 is 11.9 Å². The third kappa shape index (κ3) is 3.93. The molecule has 2 heterocycles. The molecule has 0 spiro atoms. The minimum absolute atomic E-state index is 0.0190. The second-order valence-electron chi connectivity index (χ2n) is 5.17. The van der Waals surface area contributed by atoms with E-state index in [0.29, 0.717) is 17.9 Å². The molecule has 0 amide bonds. The summed E-state index contributed by atoms with van der Waals surface area (Å²) in [7, 11) is 1.77. The Balaban J connectivity index is 2.08. The molecule has 1 aromatic heterocycles. The van der Waals surface area contributed by atoms with Crippen molar-refractivity contribution < 1.29 is 9.47 Å². The standard InChI is InChI=1S/C13H23N5O2/c1-8(2)20-13-17-11(14-4)16-12(18-13)15-9(3)10-6-5-7-19-10/h8-10H,5-7H2,1-4H3,(H2,14,15,16,17,18). The van der Waals surface area contributed by atoms with Crippen LogP contribution in [0, 0.1) is 0 Å². The van der Waals surface area contributed by atoms with Gasteiger partial charge in [-0.05, 0) is 33.6 Å². The van der Waals surface area contributed by atoms with E-state index in [9.17, 15) is 0 Å². The van der Waals surface area contributed by atoms with Crippen LogP contribution in [-0.2, 0) is 4.74 Å². The van der Waals surface area contributed by atoms with Crippen molar-refractivity contribution in [3.8, 4) is 6.01 Å². The SMILES string of the molecule is CNc1nc(NC(C)C2CCCO2)nc(OC(C)C)n1. The van der Waals surface area contributed by atoms with Crippen LogP contribution in [-0.4, -0.2) is 46.9 Å². The molecule has 2 atom stereocenters. The van der Waals surface area contributed by atoms with E-state index in [2.05, 4.69) is 32.5 Å². The summed E-state index contributed by atoms with van der Waals surface area (Å²) >= 11 is 0. The molecule has 20 heavy (non-hydrogen) atoms. The maximum Gasteiger partial charge on any atom is 0.323 e. The third-order valence-electron chi connectivity index (χ3n) is 3.06. The van der Waals surface area contributed by atoms with Crippen molar-refractivity contribution in [3.05, 3.63) is 0 Å². The zero-order valence-corrected chi connectivity index (χ0v) is 12.5. The van der Waals surface area contributed by atoms with Crippen LogP contribution in [0.25, 0.3) is 0 Å². The molecule has 1 saturated heterocycles. The smallest absolute Gasteiger partial charge is 0.323 e. The predicted octanol–water partition coefficient (Wildman–Crippen LogP) is 1.68. The summed E-state index contributed by atoms with van der Waals surface area (Å²) in [6, 6.07) is 0.470. The number of nitrogens with one attached hydrogen (secondary N) is 2. The van der Waals surface area contributed by atoms with Crippen molar-refractivity contribution in [1.82, 2.24) is 15.0 Å². The molecule has 0 aliphatic carbocycles. The van der Waals surface area contributed by atoms with Gasteiger partial charge in [-0.1, -0.05) is 0 Å². The number of hydrogen-bond donors (Lipinski definition) is 2. The number of ether oxygens (including phenoxy) is 2. The maximum absolute atomic E-state index is 5.66. The monoisotopic (exact) mass is 281 g/mol. The van der Waals surface area contributed by atoms with Crippen molar-refractivity contribution in [1.29, 1.82) is 0 Å². The first kappa shape index (κ1) is 14.8. The lowest BCUT2D eigenvalue weighted by atomic mass is 10.1. The molecule has 2 N–H and O–H groups in total. The van der Waals surface area contributed by atoms with Crippen LogP contribution in [0.2, 0.25) is 0 Å². The van der Waals surface area contributed by atoms with Gasteiger partial charge in [-0.15, -0.1) is 0 Å². The summed E-state index contributed by atoms with van der Waals surface area (Å²) in [5, 5.41) is 6.18. The van der Waals surface area contributed by atoms with Gasteiger partial charge in [0.05, 0.1) is 18.2 Å². The lowest BCUT2D eigenvalue weighted by molar-refractivity contribution is 0.0994. The summed E-state index contributed by atoms with van der Waals surface area (Å²) in [6.07, 6.45) is 2.40. The van der Waals surface area contributed by atoms with Crippen LogP contribution in [0.5, 0.6) is 6.01 Å². The van der Waals surface area contributed by atoms with Crippen molar-refractivity contribution in [2.24, 2.45) is 0 Å². The average molecular weight is 281 g/mol. The molecule has 1 aromatic rings. The fourth-order valence-corrected chi connectivity index (χ4v) is 2.09. The minimum atomic E-state index is 0.0190. The number of hydrogen-bond acceptors (Lipinski definition) is 7. The molecule has 2 unspecified atom stereocenters. The first-order chi connectivity index (χ1) is 9.58. The molecular weight excluding hydrogens is 258 g/mol. The minimum Gasteiger partial charge on any atom is -0.461 e. The number of rotatable bonds is 6. The Morgan fingerprint density at radius 3 is 2.55 bits per heavy atom. The van der Waals surface area contributed by atoms with E-state index in [1.54, 1.807) is 7.05 Å². The van der Waals surface area contributed by atoms with Crippen molar-refractivity contribution in [3.63, 3.8) is 0 Å². The zero-order chi connectivity index (χ0) is 14.5. The van der Waals surface area contributed by atoms with Crippen molar-refractivity contribution in [2.75, 3.05) is 24.3 Å². The van der Waals surface area contributed by atoms with Crippen LogP contribution in [0.15, 0.2) is 0 Å². The average Bonchev–Trinajstić information content (AvgIpc) is 2.91. The first-order valence-corrected chi connectivity index (χ1v) is 7.07. The molecule has 0 bridgehead atoms. The molecule has 0 saturated carbocycles. The number of nitrogens with zero attached hydrogens (tertiary/aromatic N) is 3. The summed E-state index contributed by atoms with van der Waals surface area (Å²) in [4.78, 5) is 12.7. The van der Waals surface area contributed by atoms with Gasteiger partial charge in [0.1, 0.15) is 0 Å².